The van der Waals surface area contributed by atoms with Gasteiger partial charge in [0, 0.05) is 25.8 Å². The van der Waals surface area contributed by atoms with Gasteiger partial charge in [-0.3, -0.25) is 4.79 Å². The first kappa shape index (κ1) is 23.3. The van der Waals surface area contributed by atoms with Gasteiger partial charge in [-0.2, -0.15) is 5.10 Å². The van der Waals surface area contributed by atoms with Crippen LogP contribution in [0.4, 0.5) is 5.69 Å². The zero-order valence-electron chi connectivity index (χ0n) is 17.9. The number of carbonyl (C=O) groups excluding carboxylic acids is 1. The Bertz CT molecular complexity index is 887. The predicted molar refractivity (Wildman–Crippen MR) is 120 cm³/mol. The fourth-order valence-electron chi connectivity index (χ4n) is 2.42. The lowest BCUT2D eigenvalue weighted by Crippen LogP contribution is -2.24. The molecule has 1 atom stereocenters. The van der Waals surface area contributed by atoms with E-state index in [4.69, 9.17) is 25.8 Å². The summed E-state index contributed by atoms with van der Waals surface area (Å²) in [4.78, 5) is 13.9. The van der Waals surface area contributed by atoms with Crippen LogP contribution in [0.15, 0.2) is 41.5 Å². The standard InChI is InChI=1S/C22H28ClN3O4/c1-6-15(2)30-22-19(23)10-16(11-20(22)28-5)13-24-25-21(27)14-29-18-9-7-8-17(12-18)26(3)4/h7-13,15H,6,14H2,1-5H3,(H,25,27)/b24-13+/t15-/m1/s1. The lowest BCUT2D eigenvalue weighted by atomic mass is 10.2. The highest BCUT2D eigenvalue weighted by Gasteiger charge is 2.14. The number of rotatable bonds is 10. The summed E-state index contributed by atoms with van der Waals surface area (Å²) in [6.07, 6.45) is 2.33. The van der Waals surface area contributed by atoms with Crippen LogP contribution in [0, 0.1) is 0 Å². The maximum Gasteiger partial charge on any atom is 0.277 e. The second kappa shape index (κ2) is 11.3. The third-order valence-corrected chi connectivity index (χ3v) is 4.53. The van der Waals surface area contributed by atoms with Crippen molar-refractivity contribution in [3.63, 3.8) is 0 Å². The minimum absolute atomic E-state index is 0.00799. The van der Waals surface area contributed by atoms with Gasteiger partial charge in [0.15, 0.2) is 18.1 Å². The Labute approximate surface area is 182 Å². The smallest absolute Gasteiger partial charge is 0.277 e. The number of amides is 1. The van der Waals surface area contributed by atoms with Crippen LogP contribution in [0.2, 0.25) is 5.02 Å². The van der Waals surface area contributed by atoms with E-state index in [-0.39, 0.29) is 18.6 Å². The van der Waals surface area contributed by atoms with Crippen molar-refractivity contribution >= 4 is 29.4 Å². The number of nitrogens with one attached hydrogen (secondary N) is 1. The van der Waals surface area contributed by atoms with Crippen LogP contribution in [0.5, 0.6) is 17.2 Å². The number of nitrogens with zero attached hydrogens (tertiary/aromatic N) is 2. The molecule has 2 rings (SSSR count). The molecule has 0 saturated carbocycles. The molecule has 0 saturated heterocycles. The molecule has 0 aliphatic heterocycles. The molecular formula is C22H28ClN3O4. The van der Waals surface area contributed by atoms with Crippen LogP contribution in [-0.2, 0) is 4.79 Å². The minimum Gasteiger partial charge on any atom is -0.493 e. The number of halogens is 1. The van der Waals surface area contributed by atoms with Crippen molar-refractivity contribution in [2.45, 2.75) is 26.4 Å². The molecule has 8 heteroatoms. The zero-order chi connectivity index (χ0) is 22.1. The Kier molecular flexibility index (Phi) is 8.80. The summed E-state index contributed by atoms with van der Waals surface area (Å²) in [5.41, 5.74) is 4.08. The number of hydrazone groups is 1. The lowest BCUT2D eigenvalue weighted by molar-refractivity contribution is -0.123. The molecule has 0 radical (unpaired) electrons. The fraction of sp³-hybridized carbons (Fsp3) is 0.364. The second-order valence-corrected chi connectivity index (χ2v) is 7.25. The number of ether oxygens (including phenoxy) is 3. The topological polar surface area (TPSA) is 72.4 Å². The monoisotopic (exact) mass is 433 g/mol. The van der Waals surface area contributed by atoms with Crippen molar-refractivity contribution in [3.8, 4) is 17.2 Å². The zero-order valence-corrected chi connectivity index (χ0v) is 18.7. The van der Waals surface area contributed by atoms with Gasteiger partial charge in [-0.15, -0.1) is 0 Å². The summed E-state index contributed by atoms with van der Waals surface area (Å²) in [5.74, 6) is 1.22. The molecule has 162 valence electrons. The third kappa shape index (κ3) is 6.84. The summed E-state index contributed by atoms with van der Waals surface area (Å²) in [7, 11) is 5.41. The van der Waals surface area contributed by atoms with E-state index in [9.17, 15) is 4.79 Å². The lowest BCUT2D eigenvalue weighted by Gasteiger charge is -2.17. The average molecular weight is 434 g/mol. The number of hydrogen-bond acceptors (Lipinski definition) is 6. The average Bonchev–Trinajstić information content (AvgIpc) is 2.73. The molecule has 1 N–H and O–H groups in total. The van der Waals surface area contributed by atoms with Gasteiger partial charge in [0.1, 0.15) is 5.75 Å². The van der Waals surface area contributed by atoms with Crippen molar-refractivity contribution in [1.29, 1.82) is 0 Å². The van der Waals surface area contributed by atoms with Gasteiger partial charge in [0.25, 0.3) is 5.91 Å². The highest BCUT2D eigenvalue weighted by Crippen LogP contribution is 2.37. The van der Waals surface area contributed by atoms with E-state index >= 15 is 0 Å². The van der Waals surface area contributed by atoms with Crippen LogP contribution >= 0.6 is 11.6 Å². The molecule has 2 aromatic carbocycles. The van der Waals surface area contributed by atoms with Crippen molar-refractivity contribution in [1.82, 2.24) is 5.43 Å². The van der Waals surface area contributed by atoms with E-state index in [0.717, 1.165) is 12.1 Å². The highest BCUT2D eigenvalue weighted by atomic mass is 35.5. The Morgan fingerprint density at radius 1 is 1.30 bits per heavy atom. The molecule has 0 aliphatic carbocycles. The first-order valence-electron chi connectivity index (χ1n) is 9.60. The van der Waals surface area contributed by atoms with Crippen LogP contribution in [0.25, 0.3) is 0 Å². The molecule has 0 unspecified atom stereocenters. The quantitative estimate of drug-likeness (QED) is 0.450. The van der Waals surface area contributed by atoms with Gasteiger partial charge in [0.2, 0.25) is 0 Å². The number of hydrogen-bond donors (Lipinski definition) is 1. The van der Waals surface area contributed by atoms with Crippen LogP contribution in [0.1, 0.15) is 25.8 Å². The van der Waals surface area contributed by atoms with Gasteiger partial charge in [-0.1, -0.05) is 24.6 Å². The maximum absolute atomic E-state index is 12.0. The van der Waals surface area contributed by atoms with Gasteiger partial charge in [-0.05, 0) is 43.2 Å². The molecular weight excluding hydrogens is 406 g/mol. The largest absolute Gasteiger partial charge is 0.493 e. The summed E-state index contributed by atoms with van der Waals surface area (Å²) in [6.45, 7) is 3.83. The second-order valence-electron chi connectivity index (χ2n) is 6.84. The first-order valence-corrected chi connectivity index (χ1v) is 9.98. The maximum atomic E-state index is 12.0. The van der Waals surface area contributed by atoms with Crippen LogP contribution < -0.4 is 24.5 Å². The van der Waals surface area contributed by atoms with E-state index in [0.29, 0.717) is 27.8 Å². The number of benzene rings is 2. The van der Waals surface area contributed by atoms with Crippen molar-refractivity contribution in [3.05, 3.63) is 47.0 Å². The summed E-state index contributed by atoms with van der Waals surface area (Å²) >= 11 is 6.33. The molecule has 7 nitrogen and oxygen atoms in total. The SMILES string of the molecule is CC[C@@H](C)Oc1c(Cl)cc(/C=N/NC(=O)COc2cccc(N(C)C)c2)cc1OC. The first-order chi connectivity index (χ1) is 14.3. The van der Waals surface area contributed by atoms with Crippen LogP contribution in [0.3, 0.4) is 0 Å². The highest BCUT2D eigenvalue weighted by molar-refractivity contribution is 6.32. The molecule has 2 aromatic rings. The number of methoxy groups -OCH3 is 1. The van der Waals surface area contributed by atoms with E-state index < -0.39 is 0 Å². The molecule has 1 amide bonds. The predicted octanol–water partition coefficient (Wildman–Crippen LogP) is 4.12. The van der Waals surface area contributed by atoms with E-state index in [1.807, 2.05) is 51.0 Å². The van der Waals surface area contributed by atoms with Gasteiger partial charge < -0.3 is 19.1 Å². The van der Waals surface area contributed by atoms with Gasteiger partial charge in [0.05, 0.1) is 24.5 Å². The van der Waals surface area contributed by atoms with Gasteiger partial charge >= 0.3 is 0 Å². The van der Waals surface area contributed by atoms with Crippen molar-refractivity contribution < 1.29 is 19.0 Å². The minimum atomic E-state index is -0.378. The number of anilines is 1. The Morgan fingerprint density at radius 2 is 2.07 bits per heavy atom. The van der Waals surface area contributed by atoms with E-state index in [1.165, 1.54) is 6.21 Å². The molecule has 0 fully saturated rings. The normalized spacial score (nSPS) is 11.8. The Hall–Kier alpha value is -2.93. The molecule has 0 bridgehead atoms. The summed E-state index contributed by atoms with van der Waals surface area (Å²) in [5, 5.41) is 4.36. The Morgan fingerprint density at radius 3 is 2.73 bits per heavy atom. The third-order valence-electron chi connectivity index (χ3n) is 4.25. The van der Waals surface area contributed by atoms with Gasteiger partial charge in [-0.25, -0.2) is 5.43 Å². The van der Waals surface area contributed by atoms with Crippen molar-refractivity contribution in [2.24, 2.45) is 5.10 Å². The fourth-order valence-corrected chi connectivity index (χ4v) is 2.69. The molecule has 0 aromatic heterocycles. The summed E-state index contributed by atoms with van der Waals surface area (Å²) < 4.78 is 16.7. The molecule has 0 spiro atoms. The number of carbonyl (C=O) groups is 1. The molecule has 30 heavy (non-hydrogen) atoms. The molecule has 0 aliphatic rings. The summed E-state index contributed by atoms with van der Waals surface area (Å²) in [6, 6.07) is 10.9. The van der Waals surface area contributed by atoms with Crippen molar-refractivity contribution in [2.75, 3.05) is 32.7 Å². The Balaban J connectivity index is 1.95. The van der Waals surface area contributed by atoms with E-state index in [1.54, 1.807) is 25.3 Å². The molecule has 0 heterocycles. The van der Waals surface area contributed by atoms with Crippen LogP contribution in [-0.4, -0.2) is 46.0 Å². The van der Waals surface area contributed by atoms with E-state index in [2.05, 4.69) is 10.5 Å².